The Labute approximate surface area is 55.4 Å². The van der Waals surface area contributed by atoms with Gasteiger partial charge in [-0.05, 0) is 12.5 Å². The first-order valence-corrected chi connectivity index (χ1v) is 2.95. The lowest BCUT2D eigenvalue weighted by atomic mass is 10.4. The average molecular weight is 126 g/mol. The molecule has 9 heavy (non-hydrogen) atoms. The van der Waals surface area contributed by atoms with E-state index in [1.54, 1.807) is 12.2 Å². The maximum absolute atomic E-state index is 11.8. The molecule has 0 fully saturated rings. The van der Waals surface area contributed by atoms with Gasteiger partial charge in [-0.15, -0.1) is 0 Å². The maximum atomic E-state index is 11.8. The summed E-state index contributed by atoms with van der Waals surface area (Å²) in [6, 6.07) is 0. The molecule has 50 valence electrons. The molecule has 0 radical (unpaired) electrons. The first kappa shape index (κ1) is 8.15. The van der Waals surface area contributed by atoms with E-state index in [1.165, 1.54) is 6.08 Å². The van der Waals surface area contributed by atoms with E-state index in [1.807, 2.05) is 13.0 Å². The summed E-state index contributed by atoms with van der Waals surface area (Å²) in [5.41, 5.74) is 0. The average Bonchev–Trinajstić information content (AvgIpc) is 1.80. The van der Waals surface area contributed by atoms with Crippen LogP contribution in [0.2, 0.25) is 0 Å². The Kier molecular flexibility index (Phi) is 4.79. The van der Waals surface area contributed by atoms with E-state index in [0.29, 0.717) is 0 Å². The van der Waals surface area contributed by atoms with Crippen LogP contribution in [0.1, 0.15) is 13.3 Å². The minimum absolute atomic E-state index is 0.407. The van der Waals surface area contributed by atoms with Crippen LogP contribution in [-0.4, -0.2) is 0 Å². The third-order valence-electron chi connectivity index (χ3n) is 0.760. The van der Waals surface area contributed by atoms with Crippen molar-refractivity contribution in [3.8, 4) is 0 Å². The van der Waals surface area contributed by atoms with Gasteiger partial charge in [-0.2, -0.15) is 0 Å². The largest absolute Gasteiger partial charge is 0.208 e. The summed E-state index contributed by atoms with van der Waals surface area (Å²) in [6.45, 7) is 5.09. The van der Waals surface area contributed by atoms with E-state index in [0.717, 1.165) is 6.42 Å². The fourth-order valence-electron chi connectivity index (χ4n) is 0.375. The summed E-state index contributed by atoms with van der Waals surface area (Å²) < 4.78 is 11.8. The monoisotopic (exact) mass is 126 g/mol. The number of halogens is 1. The van der Waals surface area contributed by atoms with Crippen LogP contribution < -0.4 is 0 Å². The molecule has 0 amide bonds. The van der Waals surface area contributed by atoms with Crippen LogP contribution in [0.4, 0.5) is 4.39 Å². The van der Waals surface area contributed by atoms with Gasteiger partial charge in [-0.1, -0.05) is 31.7 Å². The van der Waals surface area contributed by atoms with Gasteiger partial charge in [-0.25, -0.2) is 4.39 Å². The third kappa shape index (κ3) is 7.15. The lowest BCUT2D eigenvalue weighted by Gasteiger charge is -1.76. The van der Waals surface area contributed by atoms with E-state index in [4.69, 9.17) is 0 Å². The lowest BCUT2D eigenvalue weighted by Crippen LogP contribution is -1.56. The Morgan fingerprint density at radius 1 is 1.56 bits per heavy atom. The van der Waals surface area contributed by atoms with E-state index in [9.17, 15) is 4.39 Å². The molecule has 0 saturated heterocycles. The predicted octanol–water partition coefficient (Wildman–Crippen LogP) is 2.99. The SMILES string of the molecule is C=C(F)/C=C\C=C/CC. The summed E-state index contributed by atoms with van der Waals surface area (Å²) in [5, 5.41) is 0. The molecule has 0 aromatic heterocycles. The van der Waals surface area contributed by atoms with Crippen LogP contribution >= 0.6 is 0 Å². The molecule has 0 N–H and O–H groups in total. The molecule has 1 heteroatoms. The van der Waals surface area contributed by atoms with Crippen LogP contribution in [0.5, 0.6) is 0 Å². The Balaban J connectivity index is 3.47. The van der Waals surface area contributed by atoms with Crippen molar-refractivity contribution in [1.29, 1.82) is 0 Å². The second kappa shape index (κ2) is 5.29. The maximum Gasteiger partial charge on any atom is 0.116 e. The molecular formula is C8H11F. The van der Waals surface area contributed by atoms with Gasteiger partial charge in [-0.3, -0.25) is 0 Å². The molecule has 0 aromatic rings. The Hall–Kier alpha value is -0.850. The number of hydrogen-bond acceptors (Lipinski definition) is 0. The normalized spacial score (nSPS) is 11.3. The molecule has 0 rings (SSSR count). The lowest BCUT2D eigenvalue weighted by molar-refractivity contribution is 0.671. The van der Waals surface area contributed by atoms with Crippen molar-refractivity contribution in [3.63, 3.8) is 0 Å². The van der Waals surface area contributed by atoms with Gasteiger partial charge in [0.1, 0.15) is 5.83 Å². The first-order chi connectivity index (χ1) is 4.27. The smallest absolute Gasteiger partial charge is 0.116 e. The molecule has 0 aliphatic heterocycles. The standard InChI is InChI=1S/C8H11F/c1-3-4-5-6-7-8(2)9/h4-7H,2-3H2,1H3/b5-4-,7-6-. The zero-order chi connectivity index (χ0) is 7.11. The third-order valence-corrected chi connectivity index (χ3v) is 0.760. The molecule has 0 aromatic carbocycles. The van der Waals surface area contributed by atoms with Gasteiger partial charge in [0.15, 0.2) is 0 Å². The Morgan fingerprint density at radius 3 is 2.67 bits per heavy atom. The number of allylic oxidation sites excluding steroid dienone is 5. The van der Waals surface area contributed by atoms with Crippen molar-refractivity contribution in [3.05, 3.63) is 36.7 Å². The minimum Gasteiger partial charge on any atom is -0.208 e. The predicted molar refractivity (Wildman–Crippen MR) is 38.8 cm³/mol. The Bertz CT molecular complexity index is 132. The molecule has 0 unspecified atom stereocenters. The highest BCUT2D eigenvalue weighted by atomic mass is 19.1. The molecule has 0 heterocycles. The van der Waals surface area contributed by atoms with Gasteiger partial charge in [0.05, 0.1) is 0 Å². The molecule has 0 aliphatic rings. The fraction of sp³-hybridized carbons (Fsp3) is 0.250. The van der Waals surface area contributed by atoms with Crippen molar-refractivity contribution in [2.24, 2.45) is 0 Å². The molecule has 0 saturated carbocycles. The zero-order valence-corrected chi connectivity index (χ0v) is 5.60. The zero-order valence-electron chi connectivity index (χ0n) is 5.60. The first-order valence-electron chi connectivity index (χ1n) is 2.95. The molecule has 0 nitrogen and oxygen atoms in total. The summed E-state index contributed by atoms with van der Waals surface area (Å²) in [4.78, 5) is 0. The minimum atomic E-state index is -0.407. The van der Waals surface area contributed by atoms with E-state index in [2.05, 4.69) is 6.58 Å². The van der Waals surface area contributed by atoms with Crippen molar-refractivity contribution in [2.75, 3.05) is 0 Å². The van der Waals surface area contributed by atoms with E-state index < -0.39 is 5.83 Å². The number of rotatable bonds is 3. The van der Waals surface area contributed by atoms with Crippen molar-refractivity contribution in [2.45, 2.75) is 13.3 Å². The van der Waals surface area contributed by atoms with Gasteiger partial charge < -0.3 is 0 Å². The highest BCUT2D eigenvalue weighted by molar-refractivity contribution is 5.13. The molecule has 0 spiro atoms. The highest BCUT2D eigenvalue weighted by Gasteiger charge is 1.72. The van der Waals surface area contributed by atoms with Gasteiger partial charge in [0, 0.05) is 0 Å². The number of hydrogen-bond donors (Lipinski definition) is 0. The molecule has 0 atom stereocenters. The van der Waals surface area contributed by atoms with Crippen LogP contribution in [0.3, 0.4) is 0 Å². The fourth-order valence-corrected chi connectivity index (χ4v) is 0.375. The van der Waals surface area contributed by atoms with Crippen molar-refractivity contribution >= 4 is 0 Å². The van der Waals surface area contributed by atoms with Gasteiger partial charge >= 0.3 is 0 Å². The summed E-state index contributed by atoms with van der Waals surface area (Å²) in [7, 11) is 0. The topological polar surface area (TPSA) is 0 Å². The van der Waals surface area contributed by atoms with E-state index >= 15 is 0 Å². The molecular weight excluding hydrogens is 115 g/mol. The van der Waals surface area contributed by atoms with Crippen molar-refractivity contribution in [1.82, 2.24) is 0 Å². The van der Waals surface area contributed by atoms with Crippen molar-refractivity contribution < 1.29 is 4.39 Å². The van der Waals surface area contributed by atoms with Gasteiger partial charge in [0.25, 0.3) is 0 Å². The van der Waals surface area contributed by atoms with E-state index in [-0.39, 0.29) is 0 Å². The van der Waals surface area contributed by atoms with Crippen LogP contribution in [-0.2, 0) is 0 Å². The second-order valence-corrected chi connectivity index (χ2v) is 1.64. The summed E-state index contributed by atoms with van der Waals surface area (Å²) in [5.74, 6) is -0.407. The van der Waals surface area contributed by atoms with Crippen LogP contribution in [0, 0.1) is 0 Å². The van der Waals surface area contributed by atoms with Crippen LogP contribution in [0.25, 0.3) is 0 Å². The van der Waals surface area contributed by atoms with Crippen LogP contribution in [0.15, 0.2) is 36.7 Å². The molecule has 0 aliphatic carbocycles. The second-order valence-electron chi connectivity index (χ2n) is 1.64. The van der Waals surface area contributed by atoms with Gasteiger partial charge in [0.2, 0.25) is 0 Å². The Morgan fingerprint density at radius 2 is 2.22 bits per heavy atom. The highest BCUT2D eigenvalue weighted by Crippen LogP contribution is 1.92. The summed E-state index contributed by atoms with van der Waals surface area (Å²) >= 11 is 0. The summed E-state index contributed by atoms with van der Waals surface area (Å²) in [6.07, 6.45) is 7.67. The quantitative estimate of drug-likeness (QED) is 0.510. The molecule has 0 bridgehead atoms.